The maximum absolute atomic E-state index is 12.6. The van der Waals surface area contributed by atoms with Crippen LogP contribution in [0, 0.1) is 10.1 Å². The summed E-state index contributed by atoms with van der Waals surface area (Å²) in [6, 6.07) is 9.99. The average Bonchev–Trinajstić information content (AvgIpc) is 3.33. The molecule has 2 aromatic carbocycles. The molecular weight excluding hydrogens is 438 g/mol. The summed E-state index contributed by atoms with van der Waals surface area (Å²) in [4.78, 5) is 30.8. The fourth-order valence-electron chi connectivity index (χ4n) is 3.37. The number of nitrogens with one attached hydrogen (secondary N) is 1. The molecule has 1 aliphatic rings. The lowest BCUT2D eigenvalue weighted by atomic mass is 10.2. The Bertz CT molecular complexity index is 1270. The lowest BCUT2D eigenvalue weighted by molar-refractivity contribution is -0.384. The van der Waals surface area contributed by atoms with Crippen LogP contribution in [0.25, 0.3) is 10.9 Å². The second-order valence-corrected chi connectivity index (χ2v) is 9.05. The van der Waals surface area contributed by atoms with Gasteiger partial charge in [0.1, 0.15) is 6.33 Å². The minimum absolute atomic E-state index is 0.116. The standard InChI is InChI=1S/C20H19N5O6S/c26-19(12-31-20-17-8-5-15(25(27)28)11-18(17)21-13-22-20)23-14-3-6-16(7-4-14)32(29,30)24-9-1-2-10-24/h3-8,11,13H,1-2,9-10,12H2,(H,23,26). The summed E-state index contributed by atoms with van der Waals surface area (Å²) >= 11 is 0. The Morgan fingerprint density at radius 2 is 1.84 bits per heavy atom. The van der Waals surface area contributed by atoms with Gasteiger partial charge in [0, 0.05) is 30.9 Å². The van der Waals surface area contributed by atoms with E-state index in [0.29, 0.717) is 29.7 Å². The van der Waals surface area contributed by atoms with E-state index in [2.05, 4.69) is 15.3 Å². The molecule has 1 amide bonds. The molecule has 0 atom stereocenters. The van der Waals surface area contributed by atoms with Crippen LogP contribution in [-0.4, -0.2) is 53.2 Å². The molecular formula is C20H19N5O6S. The zero-order chi connectivity index (χ0) is 22.7. The molecule has 1 aliphatic heterocycles. The third kappa shape index (κ3) is 4.50. The highest BCUT2D eigenvalue weighted by Gasteiger charge is 2.27. The number of hydrogen-bond donors (Lipinski definition) is 1. The summed E-state index contributed by atoms with van der Waals surface area (Å²) in [6.45, 7) is 0.670. The highest BCUT2D eigenvalue weighted by Crippen LogP contribution is 2.25. The molecule has 1 N–H and O–H groups in total. The van der Waals surface area contributed by atoms with Crippen molar-refractivity contribution in [3.63, 3.8) is 0 Å². The zero-order valence-electron chi connectivity index (χ0n) is 16.8. The Hall–Kier alpha value is -3.64. The van der Waals surface area contributed by atoms with Crippen LogP contribution in [-0.2, 0) is 14.8 Å². The van der Waals surface area contributed by atoms with Crippen molar-refractivity contribution in [2.45, 2.75) is 17.7 Å². The van der Waals surface area contributed by atoms with Gasteiger partial charge in [-0.3, -0.25) is 14.9 Å². The fraction of sp³-hybridized carbons (Fsp3) is 0.250. The SMILES string of the molecule is O=C(COc1ncnc2cc([N+](=O)[O-])ccc12)Nc1ccc(S(=O)(=O)N2CCCC2)cc1. The van der Waals surface area contributed by atoms with Gasteiger partial charge in [0.05, 0.1) is 20.7 Å². The zero-order valence-corrected chi connectivity index (χ0v) is 17.6. The number of nitro benzene ring substituents is 1. The molecule has 0 aliphatic carbocycles. The van der Waals surface area contributed by atoms with Gasteiger partial charge in [-0.05, 0) is 43.2 Å². The largest absolute Gasteiger partial charge is 0.467 e. The molecule has 4 rings (SSSR count). The first-order valence-corrected chi connectivity index (χ1v) is 11.2. The minimum atomic E-state index is -3.52. The molecule has 1 fully saturated rings. The number of rotatable bonds is 7. The molecule has 0 radical (unpaired) electrons. The number of anilines is 1. The van der Waals surface area contributed by atoms with Crippen LogP contribution in [0.15, 0.2) is 53.7 Å². The van der Waals surface area contributed by atoms with Crippen LogP contribution < -0.4 is 10.1 Å². The summed E-state index contributed by atoms with van der Waals surface area (Å²) in [5.74, 6) is -0.360. The van der Waals surface area contributed by atoms with Crippen molar-refractivity contribution in [1.29, 1.82) is 0 Å². The molecule has 12 heteroatoms. The van der Waals surface area contributed by atoms with Crippen molar-refractivity contribution in [2.75, 3.05) is 25.0 Å². The summed E-state index contributed by atoms with van der Waals surface area (Å²) in [7, 11) is -3.52. The number of fused-ring (bicyclic) bond motifs is 1. The van der Waals surface area contributed by atoms with Gasteiger partial charge in [0.15, 0.2) is 6.61 Å². The number of non-ortho nitro benzene ring substituents is 1. The molecule has 11 nitrogen and oxygen atoms in total. The van der Waals surface area contributed by atoms with Gasteiger partial charge < -0.3 is 10.1 Å². The fourth-order valence-corrected chi connectivity index (χ4v) is 4.89. The topological polar surface area (TPSA) is 145 Å². The smallest absolute Gasteiger partial charge is 0.271 e. The van der Waals surface area contributed by atoms with Crippen molar-refractivity contribution >= 4 is 38.2 Å². The van der Waals surface area contributed by atoms with E-state index in [4.69, 9.17) is 4.74 Å². The van der Waals surface area contributed by atoms with Gasteiger partial charge in [-0.2, -0.15) is 4.31 Å². The highest BCUT2D eigenvalue weighted by molar-refractivity contribution is 7.89. The lowest BCUT2D eigenvalue weighted by Crippen LogP contribution is -2.27. The first kappa shape index (κ1) is 21.6. The summed E-state index contributed by atoms with van der Waals surface area (Å²) in [5, 5.41) is 14.0. The molecule has 3 aromatic rings. The normalized spacial score (nSPS) is 14.4. The molecule has 1 aromatic heterocycles. The number of amides is 1. The van der Waals surface area contributed by atoms with Gasteiger partial charge >= 0.3 is 0 Å². The predicted molar refractivity (Wildman–Crippen MR) is 115 cm³/mol. The van der Waals surface area contributed by atoms with Gasteiger partial charge in [0.25, 0.3) is 11.6 Å². The minimum Gasteiger partial charge on any atom is -0.467 e. The van der Waals surface area contributed by atoms with Gasteiger partial charge in [-0.25, -0.2) is 18.4 Å². The number of ether oxygens (including phenoxy) is 1. The Balaban J connectivity index is 1.40. The van der Waals surface area contributed by atoms with E-state index in [1.807, 2.05) is 0 Å². The van der Waals surface area contributed by atoms with Crippen molar-refractivity contribution in [1.82, 2.24) is 14.3 Å². The van der Waals surface area contributed by atoms with E-state index in [0.717, 1.165) is 12.8 Å². The Labute approximate surface area is 183 Å². The maximum Gasteiger partial charge on any atom is 0.271 e. The highest BCUT2D eigenvalue weighted by atomic mass is 32.2. The Morgan fingerprint density at radius 3 is 2.53 bits per heavy atom. The van der Waals surface area contributed by atoms with Gasteiger partial charge in [0.2, 0.25) is 15.9 Å². The van der Waals surface area contributed by atoms with E-state index in [1.165, 1.54) is 53.1 Å². The summed E-state index contributed by atoms with van der Waals surface area (Å²) < 4.78 is 32.0. The second kappa shape index (κ2) is 8.85. The number of carbonyl (C=O) groups is 1. The van der Waals surface area contributed by atoms with Gasteiger partial charge in [-0.15, -0.1) is 0 Å². The van der Waals surface area contributed by atoms with Crippen LogP contribution in [0.5, 0.6) is 5.88 Å². The summed E-state index contributed by atoms with van der Waals surface area (Å²) in [5.41, 5.74) is 0.622. The van der Waals surface area contributed by atoms with Crippen LogP contribution in [0.3, 0.4) is 0 Å². The maximum atomic E-state index is 12.6. The van der Waals surface area contributed by atoms with Crippen molar-refractivity contribution in [2.24, 2.45) is 0 Å². The molecule has 0 spiro atoms. The number of benzene rings is 2. The van der Waals surface area contributed by atoms with E-state index < -0.39 is 20.9 Å². The first-order chi connectivity index (χ1) is 15.3. The van der Waals surface area contributed by atoms with E-state index in [9.17, 15) is 23.3 Å². The van der Waals surface area contributed by atoms with Crippen LogP contribution in [0.2, 0.25) is 0 Å². The van der Waals surface area contributed by atoms with Gasteiger partial charge in [-0.1, -0.05) is 0 Å². The monoisotopic (exact) mass is 457 g/mol. The number of aromatic nitrogens is 2. The number of nitrogens with zero attached hydrogens (tertiary/aromatic N) is 4. The molecule has 166 valence electrons. The lowest BCUT2D eigenvalue weighted by Gasteiger charge is -2.15. The van der Waals surface area contributed by atoms with E-state index >= 15 is 0 Å². The third-order valence-electron chi connectivity index (χ3n) is 4.98. The molecule has 0 unspecified atom stereocenters. The van der Waals surface area contributed by atoms with E-state index in [1.54, 1.807) is 0 Å². The van der Waals surface area contributed by atoms with Crippen LogP contribution in [0.1, 0.15) is 12.8 Å². The van der Waals surface area contributed by atoms with Crippen molar-refractivity contribution < 1.29 is 22.9 Å². The molecule has 2 heterocycles. The van der Waals surface area contributed by atoms with Crippen LogP contribution in [0.4, 0.5) is 11.4 Å². The first-order valence-electron chi connectivity index (χ1n) is 9.76. The molecule has 0 saturated carbocycles. The second-order valence-electron chi connectivity index (χ2n) is 7.11. The molecule has 1 saturated heterocycles. The third-order valence-corrected chi connectivity index (χ3v) is 6.89. The summed E-state index contributed by atoms with van der Waals surface area (Å²) in [6.07, 6.45) is 2.90. The Morgan fingerprint density at radius 1 is 1.12 bits per heavy atom. The quantitative estimate of drug-likeness (QED) is 0.420. The van der Waals surface area contributed by atoms with Crippen molar-refractivity contribution in [3.05, 3.63) is 58.9 Å². The molecule has 0 bridgehead atoms. The number of carbonyl (C=O) groups excluding carboxylic acids is 1. The average molecular weight is 457 g/mol. The Kier molecular flexibility index (Phi) is 5.97. The van der Waals surface area contributed by atoms with Crippen molar-refractivity contribution in [3.8, 4) is 5.88 Å². The predicted octanol–water partition coefficient (Wildman–Crippen LogP) is 2.34. The molecule has 32 heavy (non-hydrogen) atoms. The number of nitro groups is 1. The number of hydrogen-bond acceptors (Lipinski definition) is 8. The van der Waals surface area contributed by atoms with Crippen LogP contribution >= 0.6 is 0 Å². The van der Waals surface area contributed by atoms with E-state index in [-0.39, 0.29) is 23.1 Å². The number of sulfonamides is 1.